The van der Waals surface area contributed by atoms with E-state index in [0.29, 0.717) is 0 Å². The molecule has 0 aromatic carbocycles. The van der Waals surface area contributed by atoms with Crippen molar-refractivity contribution in [3.05, 3.63) is 0 Å². The first-order valence-corrected chi connectivity index (χ1v) is 8.06. The van der Waals surface area contributed by atoms with E-state index in [2.05, 4.69) is 37.7 Å². The second-order valence-electron chi connectivity index (χ2n) is 2.61. The summed E-state index contributed by atoms with van der Waals surface area (Å²) in [4.78, 5) is 16.5. The highest BCUT2D eigenvalue weighted by Crippen LogP contribution is 2.31. The highest BCUT2D eigenvalue weighted by molar-refractivity contribution is 8.68. The molecule has 0 amide bonds. The van der Waals surface area contributed by atoms with Crippen molar-refractivity contribution in [2.45, 2.75) is 32.6 Å². The smallest absolute Gasteiger partial charge is 0.325 e. The van der Waals surface area contributed by atoms with E-state index in [-0.39, 0.29) is 0 Å². The van der Waals surface area contributed by atoms with Gasteiger partial charge in [-0.05, 0) is 6.42 Å². The molecular formula is C8H21O5PS2. The molecule has 0 aliphatic rings. The fourth-order valence-electron chi connectivity index (χ4n) is 0.733. The van der Waals surface area contributed by atoms with Gasteiger partial charge in [-0.2, -0.15) is 9.35 Å². The van der Waals surface area contributed by atoms with Crippen molar-refractivity contribution >= 4 is 31.1 Å². The summed E-state index contributed by atoms with van der Waals surface area (Å²) in [6.07, 6.45) is 5.43. The first kappa shape index (κ1) is 19.3. The Labute approximate surface area is 108 Å². The zero-order valence-electron chi connectivity index (χ0n) is 9.92. The molecule has 0 aromatic heterocycles. The van der Waals surface area contributed by atoms with Gasteiger partial charge in [-0.1, -0.05) is 37.0 Å². The summed E-state index contributed by atoms with van der Waals surface area (Å²) in [7, 11) is 2.13. The van der Waals surface area contributed by atoms with Gasteiger partial charge >= 0.3 is 8.60 Å². The molecular weight excluding hydrogens is 271 g/mol. The Bertz CT molecular complexity index is 111. The monoisotopic (exact) mass is 292 g/mol. The third-order valence-electron chi connectivity index (χ3n) is 1.37. The first-order valence-electron chi connectivity index (χ1n) is 4.89. The number of thiol groups is 1. The summed E-state index contributed by atoms with van der Waals surface area (Å²) >= 11 is 4.04. The number of rotatable bonds is 9. The Balaban J connectivity index is 0. The second-order valence-corrected chi connectivity index (χ2v) is 4.83. The van der Waals surface area contributed by atoms with E-state index in [1.165, 1.54) is 45.7 Å². The molecule has 0 saturated carbocycles. The standard InChI is InChI=1S/C6H14S2.C2H7O5P/c1-2-3-4-5-6-8-7;1-4-6-8(3)7-5-2/h7H,2-6H2,1H3;3H,1-2H3. The normalized spacial score (nSPS) is 10.1. The molecule has 8 heteroatoms. The van der Waals surface area contributed by atoms with Crippen molar-refractivity contribution in [3.63, 3.8) is 0 Å². The van der Waals surface area contributed by atoms with Gasteiger partial charge in [0, 0.05) is 5.75 Å². The van der Waals surface area contributed by atoms with Gasteiger partial charge in [0.2, 0.25) is 0 Å². The van der Waals surface area contributed by atoms with Gasteiger partial charge in [-0.25, -0.2) is 9.78 Å². The number of unbranched alkanes of at least 4 members (excludes halogenated alkanes) is 3. The molecule has 0 rings (SSSR count). The Kier molecular flexibility index (Phi) is 22.0. The Morgan fingerprint density at radius 3 is 2.06 bits per heavy atom. The summed E-state index contributed by atoms with van der Waals surface area (Å²) in [6.45, 7) is 2.23. The minimum atomic E-state index is -2.03. The van der Waals surface area contributed by atoms with E-state index in [1.54, 1.807) is 10.8 Å². The topological polar surface area (TPSA) is 57.2 Å². The average molecular weight is 292 g/mol. The van der Waals surface area contributed by atoms with Crippen molar-refractivity contribution in [2.24, 2.45) is 0 Å². The van der Waals surface area contributed by atoms with Gasteiger partial charge in [0.05, 0.1) is 14.2 Å². The quantitative estimate of drug-likeness (QED) is 0.169. The third-order valence-corrected chi connectivity index (χ3v) is 2.94. The van der Waals surface area contributed by atoms with Gasteiger partial charge in [0.1, 0.15) is 0 Å². The van der Waals surface area contributed by atoms with E-state index in [9.17, 15) is 0 Å². The molecule has 0 spiro atoms. The van der Waals surface area contributed by atoms with Crippen molar-refractivity contribution < 1.29 is 24.0 Å². The molecule has 0 aliphatic heterocycles. The van der Waals surface area contributed by atoms with Crippen molar-refractivity contribution in [3.8, 4) is 0 Å². The van der Waals surface area contributed by atoms with Crippen LogP contribution in [0, 0.1) is 0 Å². The Hall–Kier alpha value is 0.930. The molecule has 0 unspecified atom stereocenters. The molecule has 0 radical (unpaired) electrons. The molecule has 100 valence electrons. The van der Waals surface area contributed by atoms with E-state index in [4.69, 9.17) is 4.89 Å². The molecule has 5 nitrogen and oxygen atoms in total. The van der Waals surface area contributed by atoms with E-state index in [1.807, 2.05) is 0 Å². The van der Waals surface area contributed by atoms with Gasteiger partial charge in [0.25, 0.3) is 0 Å². The Morgan fingerprint density at radius 1 is 1.12 bits per heavy atom. The lowest BCUT2D eigenvalue weighted by molar-refractivity contribution is -0.242. The lowest BCUT2D eigenvalue weighted by Crippen LogP contribution is -1.86. The van der Waals surface area contributed by atoms with Crippen LogP contribution in [-0.2, 0) is 19.1 Å². The van der Waals surface area contributed by atoms with Gasteiger partial charge in [-0.15, -0.1) is 11.7 Å². The molecule has 0 aromatic rings. The SMILES string of the molecule is CCCCCCSS.COOP(O)OOC. The van der Waals surface area contributed by atoms with Crippen LogP contribution < -0.4 is 0 Å². The average Bonchev–Trinajstić information content (AvgIpc) is 2.26. The molecule has 0 fully saturated rings. The molecule has 0 aliphatic carbocycles. The molecule has 1 N–H and O–H groups in total. The van der Waals surface area contributed by atoms with Crippen LogP contribution in [0.5, 0.6) is 0 Å². The highest BCUT2D eigenvalue weighted by Gasteiger charge is 2.04. The summed E-state index contributed by atoms with van der Waals surface area (Å²) < 4.78 is 8.11. The van der Waals surface area contributed by atoms with Crippen LogP contribution in [0.25, 0.3) is 0 Å². The maximum Gasteiger partial charge on any atom is 0.389 e. The molecule has 0 bridgehead atoms. The lowest BCUT2D eigenvalue weighted by Gasteiger charge is -2.02. The zero-order valence-corrected chi connectivity index (χ0v) is 12.5. The van der Waals surface area contributed by atoms with Crippen LogP contribution in [0.15, 0.2) is 0 Å². The number of hydrogen-bond acceptors (Lipinski definition) is 7. The maximum absolute atomic E-state index is 8.42. The van der Waals surface area contributed by atoms with Crippen LogP contribution in [0.4, 0.5) is 0 Å². The fourth-order valence-corrected chi connectivity index (χ4v) is 1.73. The van der Waals surface area contributed by atoms with Gasteiger partial charge in [-0.3, -0.25) is 0 Å². The largest absolute Gasteiger partial charge is 0.389 e. The highest BCUT2D eigenvalue weighted by atomic mass is 33.1. The summed E-state index contributed by atoms with van der Waals surface area (Å²) in [6, 6.07) is 0. The summed E-state index contributed by atoms with van der Waals surface area (Å²) in [5.41, 5.74) is 0. The number of hydrogen-bond donors (Lipinski definition) is 2. The second kappa shape index (κ2) is 18.3. The lowest BCUT2D eigenvalue weighted by atomic mass is 10.2. The minimum Gasteiger partial charge on any atom is -0.325 e. The van der Waals surface area contributed by atoms with Gasteiger partial charge < -0.3 is 4.89 Å². The van der Waals surface area contributed by atoms with E-state index >= 15 is 0 Å². The van der Waals surface area contributed by atoms with Crippen LogP contribution >= 0.6 is 31.1 Å². The Morgan fingerprint density at radius 2 is 1.69 bits per heavy atom. The van der Waals surface area contributed by atoms with Crippen molar-refractivity contribution in [1.29, 1.82) is 0 Å². The van der Waals surface area contributed by atoms with Crippen LogP contribution in [0.1, 0.15) is 32.6 Å². The molecule has 0 heterocycles. The molecule has 0 atom stereocenters. The summed E-state index contributed by atoms with van der Waals surface area (Å²) in [5, 5.41) is 0. The van der Waals surface area contributed by atoms with Gasteiger partial charge in [0.15, 0.2) is 0 Å². The molecule has 0 saturated heterocycles. The fraction of sp³-hybridized carbons (Fsp3) is 1.00. The van der Waals surface area contributed by atoms with Crippen LogP contribution in [-0.4, -0.2) is 24.9 Å². The van der Waals surface area contributed by atoms with E-state index in [0.717, 1.165) is 0 Å². The van der Waals surface area contributed by atoms with Crippen LogP contribution in [0.3, 0.4) is 0 Å². The zero-order chi connectivity index (χ0) is 12.6. The predicted octanol–water partition coefficient (Wildman–Crippen LogP) is 3.51. The third kappa shape index (κ3) is 20.4. The van der Waals surface area contributed by atoms with E-state index < -0.39 is 8.60 Å². The first-order chi connectivity index (χ1) is 7.72. The summed E-state index contributed by atoms with van der Waals surface area (Å²) in [5.74, 6) is 1.21. The molecule has 16 heavy (non-hydrogen) atoms. The van der Waals surface area contributed by atoms with Crippen molar-refractivity contribution in [1.82, 2.24) is 0 Å². The predicted molar refractivity (Wildman–Crippen MR) is 70.9 cm³/mol. The van der Waals surface area contributed by atoms with Crippen LogP contribution in [0.2, 0.25) is 0 Å². The minimum absolute atomic E-state index is 1.21. The van der Waals surface area contributed by atoms with Crippen molar-refractivity contribution in [2.75, 3.05) is 20.0 Å². The maximum atomic E-state index is 8.42.